The maximum Gasteiger partial charge on any atom is 0.227 e. The highest BCUT2D eigenvalue weighted by Crippen LogP contribution is 2.25. The lowest BCUT2D eigenvalue weighted by molar-refractivity contribution is -0.121. The molecule has 1 fully saturated rings. The number of hydrogen-bond acceptors (Lipinski definition) is 4. The van der Waals surface area contributed by atoms with Crippen LogP contribution in [-0.2, 0) is 11.3 Å². The molecule has 7 nitrogen and oxygen atoms in total. The van der Waals surface area contributed by atoms with Gasteiger partial charge in [-0.25, -0.2) is 4.68 Å². The van der Waals surface area contributed by atoms with Crippen molar-refractivity contribution < 1.29 is 9.59 Å². The van der Waals surface area contributed by atoms with Crippen LogP contribution in [0.3, 0.4) is 0 Å². The van der Waals surface area contributed by atoms with Gasteiger partial charge in [0.15, 0.2) is 5.78 Å². The highest BCUT2D eigenvalue weighted by Gasteiger charge is 2.26. The molecule has 1 amide bonds. The zero-order valence-corrected chi connectivity index (χ0v) is 19.8. The third kappa shape index (κ3) is 5.10. The van der Waals surface area contributed by atoms with E-state index in [1.54, 1.807) is 18.2 Å². The molecule has 0 aliphatic carbocycles. The van der Waals surface area contributed by atoms with Crippen LogP contribution in [-0.4, -0.2) is 44.0 Å². The van der Waals surface area contributed by atoms with Gasteiger partial charge in [0.05, 0.1) is 11.9 Å². The topological polar surface area (TPSA) is 72.2 Å². The molecule has 1 aliphatic rings. The maximum atomic E-state index is 12.9. The van der Waals surface area contributed by atoms with Gasteiger partial charge in [0.1, 0.15) is 5.82 Å². The zero-order chi connectivity index (χ0) is 24.2. The van der Waals surface area contributed by atoms with Gasteiger partial charge in [0.2, 0.25) is 5.91 Å². The number of amides is 1. The molecule has 5 rings (SSSR count). The van der Waals surface area contributed by atoms with Crippen molar-refractivity contribution in [1.82, 2.24) is 19.2 Å². The van der Waals surface area contributed by atoms with E-state index in [4.69, 9.17) is 5.10 Å². The lowest BCUT2D eigenvalue weighted by atomic mass is 9.95. The number of nitrogens with one attached hydrogen (secondary N) is 1. The Morgan fingerprint density at radius 1 is 0.971 bits per heavy atom. The molecule has 0 bridgehead atoms. The van der Waals surface area contributed by atoms with Gasteiger partial charge in [-0.1, -0.05) is 30.3 Å². The van der Waals surface area contributed by atoms with Gasteiger partial charge in [-0.3, -0.25) is 14.5 Å². The van der Waals surface area contributed by atoms with Crippen LogP contribution in [0.5, 0.6) is 0 Å². The monoisotopic (exact) mass is 467 g/mol. The van der Waals surface area contributed by atoms with E-state index in [2.05, 4.69) is 26.9 Å². The van der Waals surface area contributed by atoms with Crippen molar-refractivity contribution in [3.8, 4) is 11.5 Å². The summed E-state index contributed by atoms with van der Waals surface area (Å²) in [4.78, 5) is 26.9. The molecule has 1 saturated heterocycles. The van der Waals surface area contributed by atoms with E-state index < -0.39 is 0 Å². The summed E-state index contributed by atoms with van der Waals surface area (Å²) in [5.41, 5.74) is 3.45. The number of nitrogens with zero attached hydrogens (tertiary/aromatic N) is 4. The number of anilines is 1. The number of carbonyl (C=O) groups excluding carboxylic acids is 2. The highest BCUT2D eigenvalue weighted by molar-refractivity contribution is 5.97. The Bertz CT molecular complexity index is 1300. The van der Waals surface area contributed by atoms with Crippen LogP contribution in [0.2, 0.25) is 0 Å². The van der Waals surface area contributed by atoms with Crippen molar-refractivity contribution in [3.63, 3.8) is 0 Å². The molecular weight excluding hydrogens is 438 g/mol. The van der Waals surface area contributed by atoms with Crippen molar-refractivity contribution in [1.29, 1.82) is 0 Å². The van der Waals surface area contributed by atoms with Crippen molar-refractivity contribution in [2.75, 3.05) is 18.4 Å². The Morgan fingerprint density at radius 2 is 1.71 bits per heavy atom. The Hall–Kier alpha value is -3.97. The number of para-hydroxylation sites is 1. The first-order valence-electron chi connectivity index (χ1n) is 12.0. The fourth-order valence-corrected chi connectivity index (χ4v) is 4.65. The lowest BCUT2D eigenvalue weighted by Crippen LogP contribution is -2.37. The molecule has 1 N–H and O–H groups in total. The average molecular weight is 468 g/mol. The van der Waals surface area contributed by atoms with Crippen molar-refractivity contribution >= 4 is 17.4 Å². The van der Waals surface area contributed by atoms with Crippen LogP contribution in [0, 0.1) is 5.92 Å². The largest absolute Gasteiger partial charge is 0.326 e. The van der Waals surface area contributed by atoms with Gasteiger partial charge in [0.25, 0.3) is 0 Å². The summed E-state index contributed by atoms with van der Waals surface area (Å²) >= 11 is 0. The summed E-state index contributed by atoms with van der Waals surface area (Å²) in [6.07, 6.45) is 7.62. The first kappa shape index (κ1) is 22.8. The minimum Gasteiger partial charge on any atom is -0.326 e. The fraction of sp³-hybridized carbons (Fsp3) is 0.250. The predicted octanol–water partition coefficient (Wildman–Crippen LogP) is 4.72. The third-order valence-corrected chi connectivity index (χ3v) is 6.56. The molecular formula is C28H29N5O2. The minimum atomic E-state index is -0.0387. The van der Waals surface area contributed by atoms with Crippen molar-refractivity contribution in [2.24, 2.45) is 5.92 Å². The summed E-state index contributed by atoms with van der Waals surface area (Å²) in [5.74, 6) is 1.01. The summed E-state index contributed by atoms with van der Waals surface area (Å²) < 4.78 is 4.08. The Balaban J connectivity index is 1.25. The van der Waals surface area contributed by atoms with Crippen molar-refractivity contribution in [3.05, 3.63) is 96.4 Å². The van der Waals surface area contributed by atoms with Crippen LogP contribution >= 0.6 is 0 Å². The molecule has 3 heterocycles. The molecule has 35 heavy (non-hydrogen) atoms. The second-order valence-corrected chi connectivity index (χ2v) is 9.01. The van der Waals surface area contributed by atoms with E-state index in [0.29, 0.717) is 11.3 Å². The molecule has 4 aromatic rings. The quantitative estimate of drug-likeness (QED) is 0.400. The number of piperidine rings is 1. The van der Waals surface area contributed by atoms with Crippen LogP contribution < -0.4 is 5.32 Å². The highest BCUT2D eigenvalue weighted by atomic mass is 16.2. The van der Waals surface area contributed by atoms with Gasteiger partial charge in [-0.05, 0) is 69.3 Å². The van der Waals surface area contributed by atoms with E-state index in [9.17, 15) is 9.59 Å². The maximum absolute atomic E-state index is 12.9. The number of ketones is 1. The third-order valence-electron chi connectivity index (χ3n) is 6.56. The van der Waals surface area contributed by atoms with Crippen LogP contribution in [0.15, 0.2) is 85.3 Å². The molecule has 0 spiro atoms. The standard InChI is InChI=1S/C28H29N5O2/c1-21(34)23-8-7-9-25(18-23)30-27(35)22-12-16-31(17-13-22)20-24-19-29-33(26-10-3-2-4-11-26)28(24)32-14-5-6-15-32/h2-11,14-15,18-19,22H,12-13,16-17,20H2,1H3,(H,30,35). The van der Waals surface area contributed by atoms with E-state index in [-0.39, 0.29) is 17.6 Å². The predicted molar refractivity (Wildman–Crippen MR) is 136 cm³/mol. The lowest BCUT2D eigenvalue weighted by Gasteiger charge is -2.31. The van der Waals surface area contributed by atoms with Gasteiger partial charge in [-0.2, -0.15) is 5.10 Å². The molecule has 0 atom stereocenters. The molecule has 2 aromatic carbocycles. The Labute approximate surface area is 205 Å². The number of rotatable bonds is 7. The fourth-order valence-electron chi connectivity index (χ4n) is 4.65. The summed E-state index contributed by atoms with van der Waals surface area (Å²) in [6.45, 7) is 3.98. The average Bonchev–Trinajstić information content (AvgIpc) is 3.55. The normalized spacial score (nSPS) is 14.7. The number of Topliss-reactive ketones (excluding diaryl/α,β-unsaturated/α-hetero) is 1. The molecule has 2 aromatic heterocycles. The van der Waals surface area contributed by atoms with Crippen molar-refractivity contribution in [2.45, 2.75) is 26.3 Å². The van der Waals surface area contributed by atoms with Crippen LogP contribution in [0.4, 0.5) is 5.69 Å². The number of aromatic nitrogens is 3. The summed E-state index contributed by atoms with van der Waals surface area (Å²) in [5, 5.41) is 7.69. The first-order valence-corrected chi connectivity index (χ1v) is 12.0. The van der Waals surface area contributed by atoms with Crippen LogP contribution in [0.1, 0.15) is 35.7 Å². The van der Waals surface area contributed by atoms with Gasteiger partial charge in [-0.15, -0.1) is 0 Å². The number of carbonyl (C=O) groups is 2. The Morgan fingerprint density at radius 3 is 2.43 bits per heavy atom. The van der Waals surface area contributed by atoms with Gasteiger partial charge in [0, 0.05) is 41.7 Å². The zero-order valence-electron chi connectivity index (χ0n) is 19.8. The summed E-state index contributed by atoms with van der Waals surface area (Å²) in [7, 11) is 0. The molecule has 1 aliphatic heterocycles. The number of hydrogen-bond donors (Lipinski definition) is 1. The Kier molecular flexibility index (Phi) is 6.59. The summed E-state index contributed by atoms with van der Waals surface area (Å²) in [6, 6.07) is 21.3. The van der Waals surface area contributed by atoms with Crippen LogP contribution in [0.25, 0.3) is 11.5 Å². The second-order valence-electron chi connectivity index (χ2n) is 9.01. The van der Waals surface area contributed by atoms with Gasteiger partial charge >= 0.3 is 0 Å². The van der Waals surface area contributed by atoms with E-state index in [1.807, 2.05) is 59.7 Å². The number of likely N-dealkylation sites (tertiary alicyclic amines) is 1. The van der Waals surface area contributed by atoms with E-state index in [1.165, 1.54) is 6.92 Å². The SMILES string of the molecule is CC(=O)c1cccc(NC(=O)C2CCN(Cc3cnn(-c4ccccc4)c3-n3cccc3)CC2)c1. The molecule has 7 heteroatoms. The minimum absolute atomic E-state index is 0.00993. The van der Waals surface area contributed by atoms with Gasteiger partial charge < -0.3 is 9.88 Å². The molecule has 178 valence electrons. The van der Waals surface area contributed by atoms with E-state index >= 15 is 0 Å². The molecule has 0 unspecified atom stereocenters. The molecule has 0 radical (unpaired) electrons. The second kappa shape index (κ2) is 10.1. The smallest absolute Gasteiger partial charge is 0.227 e. The first-order chi connectivity index (χ1) is 17.1. The van der Waals surface area contributed by atoms with E-state index in [0.717, 1.165) is 49.5 Å². The number of benzene rings is 2. The molecule has 0 saturated carbocycles.